The molecule has 2 aliphatic heterocycles. The number of likely N-dealkylation sites (N-methyl/N-ethyl adjacent to an activating group) is 1. The third-order valence-electron chi connectivity index (χ3n) is 6.95. The minimum Gasteiger partial charge on any atom is -0.486 e. The Bertz CT molecular complexity index is 1430. The number of likely N-dealkylation sites (tertiary alicyclic amines) is 1. The van der Waals surface area contributed by atoms with Crippen LogP contribution in [0.1, 0.15) is 19.3 Å². The molecule has 41 heavy (non-hydrogen) atoms. The van der Waals surface area contributed by atoms with E-state index in [0.29, 0.717) is 73.9 Å². The van der Waals surface area contributed by atoms with Crippen molar-refractivity contribution in [2.24, 2.45) is 0 Å². The zero-order valence-electron chi connectivity index (χ0n) is 22.9. The predicted octanol–water partition coefficient (Wildman–Crippen LogP) is 5.47. The van der Waals surface area contributed by atoms with Crippen LogP contribution in [-0.4, -0.2) is 84.8 Å². The number of carbonyl (C=O) groups is 1. The molecule has 2 aromatic carbocycles. The van der Waals surface area contributed by atoms with Crippen molar-refractivity contribution in [1.82, 2.24) is 19.8 Å². The minimum atomic E-state index is -0.679. The highest BCUT2D eigenvalue weighted by atomic mass is 35.5. The fraction of sp³-hybridized carbons (Fsp3) is 0.414. The predicted molar refractivity (Wildman–Crippen MR) is 157 cm³/mol. The molecule has 9 nitrogen and oxygen atoms in total. The first kappa shape index (κ1) is 29.3. The Morgan fingerprint density at radius 3 is 2.63 bits per heavy atom. The summed E-state index contributed by atoms with van der Waals surface area (Å²) in [6.45, 7) is 3.01. The van der Waals surface area contributed by atoms with Crippen molar-refractivity contribution in [3.8, 4) is 11.5 Å². The monoisotopic (exact) mass is 603 g/mol. The largest absolute Gasteiger partial charge is 0.486 e. The molecule has 0 aliphatic carbocycles. The molecular formula is C29H32Cl2FN5O4. The van der Waals surface area contributed by atoms with Gasteiger partial charge in [-0.05, 0) is 32.3 Å². The van der Waals surface area contributed by atoms with Crippen LogP contribution in [0.2, 0.25) is 10.0 Å². The molecule has 0 saturated carbocycles. The number of halogens is 3. The summed E-state index contributed by atoms with van der Waals surface area (Å²) < 4.78 is 33.1. The molecular weight excluding hydrogens is 572 g/mol. The first-order valence-electron chi connectivity index (χ1n) is 13.5. The number of rotatable bonds is 9. The van der Waals surface area contributed by atoms with Gasteiger partial charge in [-0.2, -0.15) is 0 Å². The lowest BCUT2D eigenvalue weighted by Crippen LogP contribution is -2.41. The Morgan fingerprint density at radius 2 is 1.90 bits per heavy atom. The molecule has 0 unspecified atom stereocenters. The van der Waals surface area contributed by atoms with E-state index < -0.39 is 5.82 Å². The number of ether oxygens (including phenoxy) is 3. The number of anilines is 2. The van der Waals surface area contributed by atoms with Crippen LogP contribution >= 0.6 is 23.2 Å². The summed E-state index contributed by atoms with van der Waals surface area (Å²) in [7, 11) is 3.91. The fourth-order valence-corrected chi connectivity index (χ4v) is 5.04. The second-order valence-electron chi connectivity index (χ2n) is 10.3. The van der Waals surface area contributed by atoms with Crippen molar-refractivity contribution in [3.05, 3.63) is 58.6 Å². The van der Waals surface area contributed by atoms with E-state index in [1.54, 1.807) is 18.2 Å². The smallest absolute Gasteiger partial charge is 0.246 e. The van der Waals surface area contributed by atoms with Crippen molar-refractivity contribution in [2.75, 3.05) is 52.3 Å². The second kappa shape index (κ2) is 13.2. The molecule has 0 radical (unpaired) electrons. The van der Waals surface area contributed by atoms with Crippen molar-refractivity contribution in [3.63, 3.8) is 0 Å². The Balaban J connectivity index is 1.38. The van der Waals surface area contributed by atoms with Gasteiger partial charge in [-0.3, -0.25) is 4.79 Å². The fourth-order valence-electron chi connectivity index (χ4n) is 4.73. The maximum atomic E-state index is 14.8. The lowest BCUT2D eigenvalue weighted by Gasteiger charge is -2.32. The van der Waals surface area contributed by atoms with Crippen LogP contribution in [0.5, 0.6) is 11.5 Å². The molecule has 12 heteroatoms. The Morgan fingerprint density at radius 1 is 1.15 bits per heavy atom. The number of amides is 1. The Labute approximate surface area is 248 Å². The summed E-state index contributed by atoms with van der Waals surface area (Å²) >= 11 is 12.0. The third kappa shape index (κ3) is 7.19. The number of fused-ring (bicyclic) bond motifs is 1. The number of hydrogen-bond donors (Lipinski definition) is 1. The lowest BCUT2D eigenvalue weighted by molar-refractivity contribution is -0.127. The number of hydrogen-bond acceptors (Lipinski definition) is 8. The highest BCUT2D eigenvalue weighted by Gasteiger charge is 2.26. The number of nitrogens with one attached hydrogen (secondary N) is 1. The highest BCUT2D eigenvalue weighted by molar-refractivity contribution is 6.42. The Hall–Kier alpha value is -3.18. The van der Waals surface area contributed by atoms with Gasteiger partial charge in [0.15, 0.2) is 17.3 Å². The molecule has 0 bridgehead atoms. The van der Waals surface area contributed by atoms with Crippen LogP contribution in [0.15, 0.2) is 42.7 Å². The maximum Gasteiger partial charge on any atom is 0.246 e. The molecule has 2 fully saturated rings. The van der Waals surface area contributed by atoms with Gasteiger partial charge in [0.25, 0.3) is 0 Å². The van der Waals surface area contributed by atoms with Gasteiger partial charge in [0, 0.05) is 56.4 Å². The molecule has 2 aliphatic rings. The molecule has 1 aromatic heterocycles. The summed E-state index contributed by atoms with van der Waals surface area (Å²) in [6, 6.07) is 6.62. The zero-order chi connectivity index (χ0) is 28.9. The van der Waals surface area contributed by atoms with Gasteiger partial charge in [0.2, 0.25) is 5.91 Å². The number of carbonyl (C=O) groups excluding carboxylic acids is 1. The molecule has 1 amide bonds. The van der Waals surface area contributed by atoms with Crippen LogP contribution < -0.4 is 14.8 Å². The normalized spacial score (nSPS) is 18.0. The molecule has 3 aromatic rings. The number of aromatic nitrogens is 2. The average Bonchev–Trinajstić information content (AvgIpc) is 3.47. The van der Waals surface area contributed by atoms with Crippen LogP contribution in [-0.2, 0) is 9.53 Å². The molecule has 218 valence electrons. The van der Waals surface area contributed by atoms with Crippen LogP contribution in [0.4, 0.5) is 15.9 Å². The van der Waals surface area contributed by atoms with Gasteiger partial charge in [-0.1, -0.05) is 29.3 Å². The van der Waals surface area contributed by atoms with E-state index in [4.69, 9.17) is 37.4 Å². The van der Waals surface area contributed by atoms with Crippen molar-refractivity contribution < 1.29 is 23.4 Å². The van der Waals surface area contributed by atoms with Gasteiger partial charge >= 0.3 is 0 Å². The average molecular weight is 605 g/mol. The summed E-state index contributed by atoms with van der Waals surface area (Å²) in [5.41, 5.74) is 0.719. The first-order valence-corrected chi connectivity index (χ1v) is 14.2. The third-order valence-corrected chi connectivity index (χ3v) is 7.73. The number of piperidine rings is 1. The minimum absolute atomic E-state index is 0.00339. The van der Waals surface area contributed by atoms with Crippen molar-refractivity contribution in [1.29, 1.82) is 0 Å². The second-order valence-corrected chi connectivity index (χ2v) is 11.1. The molecule has 5 rings (SSSR count). The first-order chi connectivity index (χ1) is 19.8. The molecule has 1 N–H and O–H groups in total. The number of benzene rings is 2. The standard InChI is InChI=1S/C29H32Cl2FN5O4/c1-36(2)10-3-4-26(38)37-11-7-18(8-12-37)40-24-14-20-23(15-25(24)41-19-9-13-39-16-19)33-17-34-29(20)35-22-6-5-21(30)27(31)28(22)32/h3-6,14-15,17-19H,7-13,16H2,1-2H3,(H,33,34,35)/b4-3+/t19-/m0/s1. The lowest BCUT2D eigenvalue weighted by atomic mass is 10.1. The van der Waals surface area contributed by atoms with E-state index in [1.807, 2.05) is 30.0 Å². The van der Waals surface area contributed by atoms with Gasteiger partial charge in [0.1, 0.15) is 24.4 Å². The molecule has 3 heterocycles. The van der Waals surface area contributed by atoms with E-state index in [9.17, 15) is 9.18 Å². The van der Waals surface area contributed by atoms with E-state index in [1.165, 1.54) is 18.5 Å². The van der Waals surface area contributed by atoms with Crippen molar-refractivity contribution >= 4 is 51.5 Å². The molecule has 2 saturated heterocycles. The van der Waals surface area contributed by atoms with Crippen LogP contribution in [0.3, 0.4) is 0 Å². The van der Waals surface area contributed by atoms with Gasteiger partial charge in [0.05, 0.1) is 34.5 Å². The highest BCUT2D eigenvalue weighted by Crippen LogP contribution is 2.38. The Kier molecular flexibility index (Phi) is 9.44. The van der Waals surface area contributed by atoms with Gasteiger partial charge in [-0.15, -0.1) is 0 Å². The summed E-state index contributed by atoms with van der Waals surface area (Å²) in [4.78, 5) is 25.2. The number of nitrogens with zero attached hydrogens (tertiary/aromatic N) is 4. The van der Waals surface area contributed by atoms with E-state index in [0.717, 1.165) is 6.42 Å². The van der Waals surface area contributed by atoms with E-state index in [-0.39, 0.29) is 33.8 Å². The van der Waals surface area contributed by atoms with E-state index >= 15 is 0 Å². The maximum absolute atomic E-state index is 14.8. The summed E-state index contributed by atoms with van der Waals surface area (Å²) in [5, 5.41) is 3.57. The molecule has 0 spiro atoms. The van der Waals surface area contributed by atoms with Crippen LogP contribution in [0, 0.1) is 5.82 Å². The van der Waals surface area contributed by atoms with Crippen LogP contribution in [0.25, 0.3) is 10.9 Å². The summed E-state index contributed by atoms with van der Waals surface area (Å²) in [6.07, 6.45) is 6.77. The quantitative estimate of drug-likeness (QED) is 0.254. The van der Waals surface area contributed by atoms with E-state index in [2.05, 4.69) is 15.3 Å². The van der Waals surface area contributed by atoms with Gasteiger partial charge in [-0.25, -0.2) is 14.4 Å². The zero-order valence-corrected chi connectivity index (χ0v) is 24.4. The van der Waals surface area contributed by atoms with Gasteiger partial charge < -0.3 is 29.3 Å². The summed E-state index contributed by atoms with van der Waals surface area (Å²) in [5.74, 6) is 0.763. The van der Waals surface area contributed by atoms with Crippen molar-refractivity contribution in [2.45, 2.75) is 31.5 Å². The topological polar surface area (TPSA) is 89.1 Å². The molecule has 1 atom stereocenters. The SMILES string of the molecule is CN(C)C/C=C/C(=O)N1CCC(Oc2cc3c(Nc4ccc(Cl)c(Cl)c4F)ncnc3cc2O[C@H]2CCOC2)CC1.